The van der Waals surface area contributed by atoms with E-state index in [1.54, 1.807) is 13.0 Å². The maximum Gasteiger partial charge on any atom is 0.573 e. The topological polar surface area (TPSA) is 50.4 Å². The molecule has 7 heteroatoms. The first-order valence-corrected chi connectivity index (χ1v) is 7.53. The van der Waals surface area contributed by atoms with Crippen molar-refractivity contribution < 1.29 is 22.7 Å². The largest absolute Gasteiger partial charge is 0.573 e. The van der Waals surface area contributed by atoms with Gasteiger partial charge in [0.15, 0.2) is 0 Å². The Hall–Kier alpha value is -1.92. The predicted molar refractivity (Wildman–Crippen MR) is 77.9 cm³/mol. The third-order valence-corrected chi connectivity index (χ3v) is 4.61. The molecule has 1 unspecified atom stereocenters. The van der Waals surface area contributed by atoms with Crippen LogP contribution >= 0.6 is 0 Å². The van der Waals surface area contributed by atoms with E-state index >= 15 is 0 Å². The van der Waals surface area contributed by atoms with E-state index < -0.39 is 12.4 Å². The molecule has 0 radical (unpaired) electrons. The van der Waals surface area contributed by atoms with Crippen LogP contribution in [0, 0.1) is 5.41 Å². The number of hydrogen-bond donors (Lipinski definition) is 2. The Morgan fingerprint density at radius 2 is 1.96 bits per heavy atom. The summed E-state index contributed by atoms with van der Waals surface area (Å²) in [5.41, 5.74) is 0.869. The maximum atomic E-state index is 12.2. The van der Waals surface area contributed by atoms with Gasteiger partial charge in [-0.1, -0.05) is 19.1 Å². The first kappa shape index (κ1) is 16.0. The Morgan fingerprint density at radius 1 is 1.30 bits per heavy atom. The van der Waals surface area contributed by atoms with Gasteiger partial charge >= 0.3 is 12.4 Å². The fourth-order valence-electron chi connectivity index (χ4n) is 3.97. The third kappa shape index (κ3) is 3.38. The maximum absolute atomic E-state index is 12.2. The molecule has 1 aromatic rings. The van der Waals surface area contributed by atoms with Crippen molar-refractivity contribution in [1.82, 2.24) is 10.6 Å². The molecule has 2 amide bonds. The number of ether oxygens (including phenoxy) is 1. The zero-order valence-electron chi connectivity index (χ0n) is 13.0. The quantitative estimate of drug-likeness (QED) is 0.881. The highest BCUT2D eigenvalue weighted by Crippen LogP contribution is 2.66. The molecule has 0 aromatic heterocycles. The molecule has 126 valence electrons. The lowest BCUT2D eigenvalue weighted by Crippen LogP contribution is -2.74. The van der Waals surface area contributed by atoms with Gasteiger partial charge in [-0.25, -0.2) is 4.79 Å². The molecule has 0 spiro atoms. The van der Waals surface area contributed by atoms with Crippen molar-refractivity contribution in [2.24, 2.45) is 5.41 Å². The van der Waals surface area contributed by atoms with Gasteiger partial charge in [-0.2, -0.15) is 0 Å². The lowest BCUT2D eigenvalue weighted by Gasteiger charge is -2.69. The van der Waals surface area contributed by atoms with Gasteiger partial charge in [0.05, 0.1) is 6.04 Å². The fraction of sp³-hybridized carbons (Fsp3) is 0.562. The number of urea groups is 1. The molecule has 2 N–H and O–H groups in total. The van der Waals surface area contributed by atoms with E-state index in [1.165, 1.54) is 18.2 Å². The second kappa shape index (κ2) is 5.04. The van der Waals surface area contributed by atoms with E-state index in [4.69, 9.17) is 0 Å². The molecule has 3 fully saturated rings. The average Bonchev–Trinajstić information content (AvgIpc) is 2.33. The van der Waals surface area contributed by atoms with Gasteiger partial charge in [0.25, 0.3) is 0 Å². The molecule has 1 aromatic carbocycles. The van der Waals surface area contributed by atoms with E-state index in [-0.39, 0.29) is 17.3 Å². The molecule has 3 aliphatic carbocycles. The van der Waals surface area contributed by atoms with Crippen molar-refractivity contribution in [2.75, 3.05) is 0 Å². The Kier molecular flexibility index (Phi) is 3.50. The van der Waals surface area contributed by atoms with Crippen LogP contribution in [0.25, 0.3) is 0 Å². The minimum atomic E-state index is -4.73. The summed E-state index contributed by atoms with van der Waals surface area (Å²) >= 11 is 0. The number of carbonyl (C=O) groups excluding carboxylic acids is 1. The molecule has 0 aliphatic heterocycles. The van der Waals surface area contributed by atoms with Gasteiger partial charge in [-0.05, 0) is 49.3 Å². The number of alkyl halides is 3. The summed E-state index contributed by atoms with van der Waals surface area (Å²) in [7, 11) is 0. The zero-order chi connectivity index (χ0) is 16.9. The number of amides is 2. The van der Waals surface area contributed by atoms with Crippen molar-refractivity contribution in [3.05, 3.63) is 29.8 Å². The third-order valence-electron chi connectivity index (χ3n) is 4.61. The van der Waals surface area contributed by atoms with Crippen molar-refractivity contribution in [2.45, 2.75) is 51.1 Å². The molecule has 3 aliphatic rings. The second-order valence-corrected chi connectivity index (χ2v) is 7.06. The highest BCUT2D eigenvalue weighted by atomic mass is 19.4. The van der Waals surface area contributed by atoms with Crippen molar-refractivity contribution in [3.63, 3.8) is 0 Å². The molecule has 0 heterocycles. The molecule has 2 bridgehead atoms. The lowest BCUT2D eigenvalue weighted by molar-refractivity contribution is -0.274. The summed E-state index contributed by atoms with van der Waals surface area (Å²) in [6, 6.07) is 4.91. The molecular weight excluding hydrogens is 309 g/mol. The van der Waals surface area contributed by atoms with Crippen molar-refractivity contribution in [1.29, 1.82) is 0 Å². The van der Waals surface area contributed by atoms with Crippen LogP contribution in [-0.4, -0.2) is 17.9 Å². The lowest BCUT2D eigenvalue weighted by atomic mass is 9.40. The number of hydrogen-bond acceptors (Lipinski definition) is 2. The molecule has 4 rings (SSSR count). The van der Waals surface area contributed by atoms with Gasteiger partial charge < -0.3 is 15.4 Å². The van der Waals surface area contributed by atoms with Crippen LogP contribution in [-0.2, 0) is 0 Å². The summed E-state index contributed by atoms with van der Waals surface area (Å²) in [5, 5.41) is 5.74. The summed E-state index contributed by atoms with van der Waals surface area (Å²) < 4.78 is 40.6. The smallest absolute Gasteiger partial charge is 0.406 e. The second-order valence-electron chi connectivity index (χ2n) is 7.06. The Morgan fingerprint density at radius 3 is 2.52 bits per heavy atom. The van der Waals surface area contributed by atoms with Crippen LogP contribution < -0.4 is 15.4 Å². The monoisotopic (exact) mass is 328 g/mol. The van der Waals surface area contributed by atoms with Gasteiger partial charge in [0.2, 0.25) is 0 Å². The van der Waals surface area contributed by atoms with Crippen molar-refractivity contribution >= 4 is 6.03 Å². The van der Waals surface area contributed by atoms with Gasteiger partial charge in [0, 0.05) is 5.54 Å². The highest BCUT2D eigenvalue weighted by molar-refractivity contribution is 5.76. The predicted octanol–water partition coefficient (Wildman–Crippen LogP) is 3.89. The fourth-order valence-corrected chi connectivity index (χ4v) is 3.97. The van der Waals surface area contributed by atoms with Crippen LogP contribution in [0.2, 0.25) is 0 Å². The van der Waals surface area contributed by atoms with Crippen LogP contribution in [0.3, 0.4) is 0 Å². The van der Waals surface area contributed by atoms with E-state index in [2.05, 4.69) is 22.3 Å². The number of carbonyl (C=O) groups is 1. The van der Waals surface area contributed by atoms with E-state index in [0.717, 1.165) is 19.3 Å². The summed E-state index contributed by atoms with van der Waals surface area (Å²) in [5.74, 6) is -0.295. The Bertz CT molecular complexity index is 610. The minimum Gasteiger partial charge on any atom is -0.406 e. The highest BCUT2D eigenvalue weighted by Gasteiger charge is 2.65. The number of nitrogens with one attached hydrogen (secondary N) is 2. The number of rotatable bonds is 4. The summed E-state index contributed by atoms with van der Waals surface area (Å²) in [6.45, 7) is 3.92. The number of benzene rings is 1. The van der Waals surface area contributed by atoms with Crippen LogP contribution in [0.1, 0.15) is 44.7 Å². The molecular formula is C16H19F3N2O2. The standard InChI is InChI=1S/C16H19F3N2O2/c1-10(11-4-3-5-12(6-11)23-16(17,18)19)20-13(22)21-15-7-14(2,8-15)9-15/h3-6,10H,7-9H2,1-2H3,(H2,20,21,22). The molecule has 23 heavy (non-hydrogen) atoms. The molecule has 0 saturated heterocycles. The van der Waals surface area contributed by atoms with Crippen LogP contribution in [0.5, 0.6) is 5.75 Å². The first-order valence-electron chi connectivity index (χ1n) is 7.53. The molecule has 4 nitrogen and oxygen atoms in total. The van der Waals surface area contributed by atoms with Crippen LogP contribution in [0.4, 0.5) is 18.0 Å². The molecule has 3 saturated carbocycles. The van der Waals surface area contributed by atoms with Crippen molar-refractivity contribution in [3.8, 4) is 5.75 Å². The van der Waals surface area contributed by atoms with E-state index in [9.17, 15) is 18.0 Å². The molecule has 1 atom stereocenters. The summed E-state index contributed by atoms with van der Waals surface area (Å²) in [6.07, 6.45) is -1.74. The SMILES string of the molecule is CC(NC(=O)NC12CC(C)(C1)C2)c1cccc(OC(F)(F)F)c1. The first-order chi connectivity index (χ1) is 10.6. The zero-order valence-corrected chi connectivity index (χ0v) is 13.0. The average molecular weight is 328 g/mol. The van der Waals surface area contributed by atoms with E-state index in [1.807, 2.05) is 0 Å². The number of halogens is 3. The summed E-state index contributed by atoms with van der Waals surface area (Å²) in [4.78, 5) is 12.0. The normalized spacial score (nSPS) is 29.8. The van der Waals surface area contributed by atoms with Gasteiger partial charge in [0.1, 0.15) is 5.75 Å². The Labute approximate surface area is 132 Å². The minimum absolute atomic E-state index is 0.0696. The van der Waals surface area contributed by atoms with Gasteiger partial charge in [-0.15, -0.1) is 13.2 Å². The van der Waals surface area contributed by atoms with Gasteiger partial charge in [-0.3, -0.25) is 0 Å². The van der Waals surface area contributed by atoms with E-state index in [0.29, 0.717) is 11.0 Å². The Balaban J connectivity index is 1.56. The van der Waals surface area contributed by atoms with Crippen LogP contribution in [0.15, 0.2) is 24.3 Å².